The Morgan fingerprint density at radius 1 is 1.20 bits per heavy atom. The third kappa shape index (κ3) is 1.32. The first-order chi connectivity index (χ1) is 6.96. The van der Waals surface area contributed by atoms with Crippen LogP contribution >= 0.6 is 0 Å². The van der Waals surface area contributed by atoms with E-state index < -0.39 is 8.07 Å². The highest BCUT2D eigenvalue weighted by molar-refractivity contribution is 6.83. The van der Waals surface area contributed by atoms with Crippen LogP contribution in [0.5, 0.6) is 0 Å². The van der Waals surface area contributed by atoms with Gasteiger partial charge < -0.3 is 4.74 Å². The smallest absolute Gasteiger partial charge is 0.309 e. The van der Waals surface area contributed by atoms with Crippen molar-refractivity contribution < 1.29 is 9.53 Å². The van der Waals surface area contributed by atoms with E-state index in [1.165, 1.54) is 25.7 Å². The summed E-state index contributed by atoms with van der Waals surface area (Å²) in [5.74, 6) is 1.41. The summed E-state index contributed by atoms with van der Waals surface area (Å²) in [6.45, 7) is 6.96. The summed E-state index contributed by atoms with van der Waals surface area (Å²) in [6.07, 6.45) is 5.13. The van der Waals surface area contributed by atoms with E-state index in [2.05, 4.69) is 19.6 Å². The summed E-state index contributed by atoms with van der Waals surface area (Å²) in [6, 6.07) is 0. The summed E-state index contributed by atoms with van der Waals surface area (Å²) < 4.78 is 5.09. The van der Waals surface area contributed by atoms with Crippen molar-refractivity contribution in [3.8, 4) is 0 Å². The van der Waals surface area contributed by atoms with Gasteiger partial charge in [0.2, 0.25) is 0 Å². The second kappa shape index (κ2) is 3.34. The molecule has 0 heterocycles. The summed E-state index contributed by atoms with van der Waals surface area (Å²) in [5, 5.41) is -0.0295. The molecule has 3 heteroatoms. The summed E-state index contributed by atoms with van der Waals surface area (Å²) >= 11 is 0. The van der Waals surface area contributed by atoms with Crippen molar-refractivity contribution >= 4 is 14.0 Å². The minimum absolute atomic E-state index is 0.0295. The van der Waals surface area contributed by atoms with Crippen LogP contribution in [0.15, 0.2) is 0 Å². The van der Waals surface area contributed by atoms with Crippen LogP contribution in [-0.4, -0.2) is 21.2 Å². The molecule has 2 rings (SSSR count). The Bertz CT molecular complexity index is 268. The van der Waals surface area contributed by atoms with Gasteiger partial charge in [-0.1, -0.05) is 32.5 Å². The topological polar surface area (TPSA) is 26.3 Å². The van der Waals surface area contributed by atoms with Crippen LogP contribution in [0.25, 0.3) is 0 Å². The number of carbonyl (C=O) groups is 1. The molecule has 0 aliphatic heterocycles. The third-order valence-electron chi connectivity index (χ3n) is 4.59. The minimum Gasteiger partial charge on any atom is -0.469 e. The predicted molar refractivity (Wildman–Crippen MR) is 63.5 cm³/mol. The molecule has 2 nitrogen and oxygen atoms in total. The number of esters is 1. The summed E-state index contributed by atoms with van der Waals surface area (Å²) in [5.41, 5.74) is 0. The van der Waals surface area contributed by atoms with Gasteiger partial charge in [0.1, 0.15) is 0 Å². The molecule has 2 unspecified atom stereocenters. The molecular weight excluding hydrogens is 204 g/mol. The van der Waals surface area contributed by atoms with Gasteiger partial charge in [-0.25, -0.2) is 0 Å². The van der Waals surface area contributed by atoms with Gasteiger partial charge >= 0.3 is 5.97 Å². The molecule has 0 N–H and O–H groups in total. The Balaban J connectivity index is 2.31. The van der Waals surface area contributed by atoms with E-state index in [-0.39, 0.29) is 11.0 Å². The average Bonchev–Trinajstić information content (AvgIpc) is 2.86. The molecule has 0 spiro atoms. The molecular formula is C12H22O2Si. The van der Waals surface area contributed by atoms with Crippen LogP contribution < -0.4 is 0 Å². The molecule has 0 aromatic rings. The zero-order valence-corrected chi connectivity index (χ0v) is 11.3. The molecule has 15 heavy (non-hydrogen) atoms. The molecule has 0 radical (unpaired) electrons. The van der Waals surface area contributed by atoms with Crippen LogP contribution in [-0.2, 0) is 9.53 Å². The van der Waals surface area contributed by atoms with Crippen molar-refractivity contribution in [2.24, 2.45) is 11.8 Å². The zero-order chi connectivity index (χ0) is 11.3. The van der Waals surface area contributed by atoms with Gasteiger partial charge in [0.05, 0.1) is 20.2 Å². The average molecular weight is 226 g/mol. The highest BCUT2D eigenvalue weighted by atomic mass is 28.3. The highest BCUT2D eigenvalue weighted by Gasteiger charge is 2.74. The standard InChI is InChI=1S/C12H22O2Si/c1-14-11(13)12(15(2,3)4)9-7-5-6-8-10(9)12/h9-10H,5-8H2,1-4H3. The molecule has 2 atom stereocenters. The number of carbonyl (C=O) groups excluding carboxylic acids is 1. The number of fused-ring (bicyclic) bond motifs is 1. The quantitative estimate of drug-likeness (QED) is 0.534. The molecule has 2 saturated carbocycles. The van der Waals surface area contributed by atoms with Gasteiger partial charge in [-0.2, -0.15) is 0 Å². The van der Waals surface area contributed by atoms with Gasteiger partial charge in [-0.15, -0.1) is 0 Å². The Morgan fingerprint density at radius 3 is 2.00 bits per heavy atom. The molecule has 0 aromatic carbocycles. The van der Waals surface area contributed by atoms with Crippen LogP contribution in [0.3, 0.4) is 0 Å². The van der Waals surface area contributed by atoms with Crippen LogP contribution in [0.1, 0.15) is 25.7 Å². The number of hydrogen-bond donors (Lipinski definition) is 0. The number of hydrogen-bond acceptors (Lipinski definition) is 2. The predicted octanol–water partition coefficient (Wildman–Crippen LogP) is 3.06. The Morgan fingerprint density at radius 2 is 1.67 bits per heavy atom. The maximum atomic E-state index is 12.1. The van der Waals surface area contributed by atoms with Crippen molar-refractivity contribution in [2.45, 2.75) is 50.4 Å². The van der Waals surface area contributed by atoms with Crippen LogP contribution in [0.4, 0.5) is 0 Å². The maximum absolute atomic E-state index is 12.1. The van der Waals surface area contributed by atoms with E-state index in [0.29, 0.717) is 11.8 Å². The zero-order valence-electron chi connectivity index (χ0n) is 10.3. The fourth-order valence-electron chi connectivity index (χ4n) is 4.01. The highest BCUT2D eigenvalue weighted by Crippen LogP contribution is 2.75. The van der Waals surface area contributed by atoms with Gasteiger partial charge in [0.25, 0.3) is 0 Å². The fraction of sp³-hybridized carbons (Fsp3) is 0.917. The molecule has 2 fully saturated rings. The lowest BCUT2D eigenvalue weighted by atomic mass is 10.0. The molecule has 0 aromatic heterocycles. The minimum atomic E-state index is -1.46. The lowest BCUT2D eigenvalue weighted by Crippen LogP contribution is -2.38. The fourth-order valence-corrected chi connectivity index (χ4v) is 7.56. The maximum Gasteiger partial charge on any atom is 0.309 e. The molecule has 2 aliphatic carbocycles. The first kappa shape index (κ1) is 11.2. The normalized spacial score (nSPS) is 39.5. The number of rotatable bonds is 2. The lowest BCUT2D eigenvalue weighted by molar-refractivity contribution is -0.142. The molecule has 2 aliphatic rings. The lowest BCUT2D eigenvalue weighted by Gasteiger charge is -2.28. The second-order valence-corrected chi connectivity index (χ2v) is 11.4. The van der Waals surface area contributed by atoms with Gasteiger partial charge in [-0.3, -0.25) is 4.79 Å². The second-order valence-electron chi connectivity index (χ2n) is 6.11. The number of methoxy groups -OCH3 is 1. The van der Waals surface area contributed by atoms with Crippen molar-refractivity contribution in [1.29, 1.82) is 0 Å². The van der Waals surface area contributed by atoms with E-state index in [1.54, 1.807) is 7.11 Å². The molecule has 86 valence electrons. The Labute approximate surface area is 93.4 Å². The first-order valence-electron chi connectivity index (χ1n) is 6.04. The van der Waals surface area contributed by atoms with E-state index in [1.807, 2.05) is 0 Å². The van der Waals surface area contributed by atoms with Crippen LogP contribution in [0.2, 0.25) is 24.7 Å². The Kier molecular flexibility index (Phi) is 2.49. The molecule has 0 saturated heterocycles. The van der Waals surface area contributed by atoms with Gasteiger partial charge in [0.15, 0.2) is 0 Å². The summed E-state index contributed by atoms with van der Waals surface area (Å²) in [4.78, 5) is 12.1. The molecule has 0 amide bonds. The van der Waals surface area contributed by atoms with Crippen molar-refractivity contribution in [3.63, 3.8) is 0 Å². The first-order valence-corrected chi connectivity index (χ1v) is 9.54. The SMILES string of the molecule is COC(=O)C1([Si](C)(C)C)C2CCCCC21. The van der Waals surface area contributed by atoms with E-state index >= 15 is 0 Å². The molecule has 0 bridgehead atoms. The van der Waals surface area contributed by atoms with Crippen molar-refractivity contribution in [1.82, 2.24) is 0 Å². The van der Waals surface area contributed by atoms with E-state index in [0.717, 1.165) is 0 Å². The number of ether oxygens (including phenoxy) is 1. The monoisotopic (exact) mass is 226 g/mol. The van der Waals surface area contributed by atoms with E-state index in [9.17, 15) is 4.79 Å². The third-order valence-corrected chi connectivity index (χ3v) is 8.02. The largest absolute Gasteiger partial charge is 0.469 e. The van der Waals surface area contributed by atoms with Gasteiger partial charge in [-0.05, 0) is 24.7 Å². The van der Waals surface area contributed by atoms with E-state index in [4.69, 9.17) is 4.74 Å². The van der Waals surface area contributed by atoms with Gasteiger partial charge in [0, 0.05) is 0 Å². The van der Waals surface area contributed by atoms with Crippen LogP contribution in [0, 0.1) is 11.8 Å². The Hall–Kier alpha value is -0.313. The van der Waals surface area contributed by atoms with Crippen molar-refractivity contribution in [2.75, 3.05) is 7.11 Å². The summed E-state index contributed by atoms with van der Waals surface area (Å²) in [7, 11) is 0.0897. The van der Waals surface area contributed by atoms with Crippen molar-refractivity contribution in [3.05, 3.63) is 0 Å².